The molecule has 0 saturated carbocycles. The molecule has 1 N–H and O–H groups in total. The second-order valence-corrected chi connectivity index (χ2v) is 13.2. The highest BCUT2D eigenvalue weighted by Gasteiger charge is 2.74. The molecule has 218 valence electrons. The molecule has 1 spiro atoms. The summed E-state index contributed by atoms with van der Waals surface area (Å²) in [5.41, 5.74) is 0.552. The molecule has 0 radical (unpaired) electrons. The molecule has 1 aromatic carbocycles. The summed E-state index contributed by atoms with van der Waals surface area (Å²) >= 11 is 8.21. The second kappa shape index (κ2) is 12.7. The Balaban J connectivity index is 1.84. The van der Waals surface area contributed by atoms with Crippen LogP contribution in [0, 0.1) is 17.8 Å². The number of rotatable bonds is 13. The number of aliphatic hydroxyl groups is 1. The minimum atomic E-state index is -0.834. The van der Waals surface area contributed by atoms with E-state index >= 15 is 0 Å². The molecule has 4 rings (SSSR count). The number of para-hydroxylation sites is 1. The lowest BCUT2D eigenvalue weighted by atomic mass is 9.70. The normalized spacial score (nSPS) is 28.2. The number of hydrogen-bond donors (Lipinski definition) is 1. The van der Waals surface area contributed by atoms with Crippen molar-refractivity contribution in [2.45, 2.75) is 68.5 Å². The molecule has 40 heavy (non-hydrogen) atoms. The molecule has 0 aliphatic carbocycles. The first-order chi connectivity index (χ1) is 19.2. The van der Waals surface area contributed by atoms with Crippen molar-refractivity contribution in [1.82, 2.24) is 9.80 Å². The lowest BCUT2D eigenvalue weighted by molar-refractivity contribution is -0.146. The van der Waals surface area contributed by atoms with Gasteiger partial charge in [0.1, 0.15) is 6.04 Å². The number of anilines is 1. The smallest absolute Gasteiger partial charge is 0.251 e. The first kappa shape index (κ1) is 30.7. The van der Waals surface area contributed by atoms with Crippen molar-refractivity contribution in [3.63, 3.8) is 0 Å². The SMILES string of the molecule is C=CCN(CCC)C(=O)[C@@H]1[C@@H]2CCC3(S2)C(C(=O)N(CC=C)c2ccccc2Cl)N([C@@H](CO)[C@@H](C)CC)C(=O)[C@H]13. The van der Waals surface area contributed by atoms with Crippen LogP contribution in [-0.2, 0) is 14.4 Å². The van der Waals surface area contributed by atoms with Crippen molar-refractivity contribution < 1.29 is 19.5 Å². The summed E-state index contributed by atoms with van der Waals surface area (Å²) in [6.07, 6.45) is 6.33. The summed E-state index contributed by atoms with van der Waals surface area (Å²) in [7, 11) is 0. The van der Waals surface area contributed by atoms with Crippen molar-refractivity contribution in [3.8, 4) is 0 Å². The standard InChI is InChI=1S/C31H42ClN3O4S/c1-6-16-33(17-7-2)28(37)25-24-14-15-31(40-24)26(25)29(38)35(23(19-36)20(5)9-4)27(31)30(39)34(18-8-3)22-13-11-10-12-21(22)32/h6,8,10-13,20,23-27,36H,1,3,7,9,14-19H2,2,4-5H3/t20-,23-,24-,25+,26-,27?,31?/m0/s1. The van der Waals surface area contributed by atoms with Gasteiger partial charge in [-0.3, -0.25) is 14.4 Å². The molecule has 3 heterocycles. The van der Waals surface area contributed by atoms with E-state index < -0.39 is 28.7 Å². The zero-order valence-electron chi connectivity index (χ0n) is 23.8. The van der Waals surface area contributed by atoms with Gasteiger partial charge in [0.25, 0.3) is 5.91 Å². The highest BCUT2D eigenvalue weighted by Crippen LogP contribution is 2.67. The van der Waals surface area contributed by atoms with E-state index in [1.165, 1.54) is 0 Å². The monoisotopic (exact) mass is 587 g/mol. The van der Waals surface area contributed by atoms with Crippen molar-refractivity contribution in [1.29, 1.82) is 0 Å². The largest absolute Gasteiger partial charge is 0.394 e. The zero-order chi connectivity index (χ0) is 29.2. The van der Waals surface area contributed by atoms with Crippen molar-refractivity contribution in [2.75, 3.05) is 31.1 Å². The van der Waals surface area contributed by atoms with Gasteiger partial charge < -0.3 is 19.8 Å². The third-order valence-electron chi connectivity index (χ3n) is 8.98. The van der Waals surface area contributed by atoms with Crippen LogP contribution in [0.15, 0.2) is 49.6 Å². The number of nitrogens with zero attached hydrogens (tertiary/aromatic N) is 3. The zero-order valence-corrected chi connectivity index (χ0v) is 25.4. The molecule has 7 atom stereocenters. The first-order valence-corrected chi connectivity index (χ1v) is 15.6. The molecule has 9 heteroatoms. The van der Waals surface area contributed by atoms with Crippen molar-refractivity contribution in [3.05, 3.63) is 54.6 Å². The van der Waals surface area contributed by atoms with Crippen LogP contribution < -0.4 is 4.90 Å². The predicted molar refractivity (Wildman–Crippen MR) is 162 cm³/mol. The van der Waals surface area contributed by atoms with Crippen LogP contribution in [0.5, 0.6) is 0 Å². The Hall–Kier alpha value is -2.29. The van der Waals surface area contributed by atoms with Gasteiger partial charge in [0, 0.05) is 24.9 Å². The van der Waals surface area contributed by atoms with Gasteiger partial charge in [-0.25, -0.2) is 0 Å². The fourth-order valence-electron chi connectivity index (χ4n) is 7.01. The van der Waals surface area contributed by atoms with Crippen LogP contribution in [0.4, 0.5) is 5.69 Å². The average Bonchev–Trinajstić information content (AvgIpc) is 3.59. The Bertz CT molecular complexity index is 1150. The number of thioether (sulfide) groups is 1. The van der Waals surface area contributed by atoms with E-state index in [4.69, 9.17) is 11.6 Å². The van der Waals surface area contributed by atoms with E-state index in [1.54, 1.807) is 50.7 Å². The average molecular weight is 588 g/mol. The number of fused-ring (bicyclic) bond motifs is 1. The second-order valence-electron chi connectivity index (χ2n) is 11.2. The van der Waals surface area contributed by atoms with E-state index in [0.717, 1.165) is 19.3 Å². The number of carbonyl (C=O) groups excluding carboxylic acids is 3. The number of amides is 3. The number of carbonyl (C=O) groups is 3. The number of hydrogen-bond acceptors (Lipinski definition) is 5. The van der Waals surface area contributed by atoms with Gasteiger partial charge in [0.05, 0.1) is 39.9 Å². The molecule has 3 aliphatic heterocycles. The van der Waals surface area contributed by atoms with E-state index in [2.05, 4.69) is 13.2 Å². The third kappa shape index (κ3) is 5.01. The molecule has 1 aromatic rings. The van der Waals surface area contributed by atoms with Gasteiger partial charge in [-0.15, -0.1) is 24.9 Å². The van der Waals surface area contributed by atoms with Gasteiger partial charge in [0.15, 0.2) is 0 Å². The summed E-state index contributed by atoms with van der Waals surface area (Å²) in [5, 5.41) is 11.0. The first-order valence-electron chi connectivity index (χ1n) is 14.4. The molecule has 3 amide bonds. The summed E-state index contributed by atoms with van der Waals surface area (Å²) in [4.78, 5) is 48.4. The molecule has 2 bridgehead atoms. The quantitative estimate of drug-likeness (QED) is 0.336. The Morgan fingerprint density at radius 2 is 1.93 bits per heavy atom. The van der Waals surface area contributed by atoms with E-state index in [1.807, 2.05) is 32.9 Å². The summed E-state index contributed by atoms with van der Waals surface area (Å²) in [6, 6.07) is 5.79. The minimum Gasteiger partial charge on any atom is -0.394 e. The van der Waals surface area contributed by atoms with Crippen LogP contribution in [0.3, 0.4) is 0 Å². The summed E-state index contributed by atoms with van der Waals surface area (Å²) in [6.45, 7) is 14.7. The van der Waals surface area contributed by atoms with E-state index in [9.17, 15) is 19.5 Å². The highest BCUT2D eigenvalue weighted by molar-refractivity contribution is 8.02. The summed E-state index contributed by atoms with van der Waals surface area (Å²) < 4.78 is -0.757. The van der Waals surface area contributed by atoms with Crippen LogP contribution in [0.1, 0.15) is 46.5 Å². The van der Waals surface area contributed by atoms with Gasteiger partial charge in [0.2, 0.25) is 11.8 Å². The highest BCUT2D eigenvalue weighted by atomic mass is 35.5. The molecule has 2 unspecified atom stereocenters. The predicted octanol–water partition coefficient (Wildman–Crippen LogP) is 4.78. The molecule has 7 nitrogen and oxygen atoms in total. The Kier molecular flexibility index (Phi) is 9.74. The molecular formula is C31H42ClN3O4S. The summed E-state index contributed by atoms with van der Waals surface area (Å²) in [5.74, 6) is -1.66. The maximum atomic E-state index is 14.7. The van der Waals surface area contributed by atoms with Crippen molar-refractivity contribution >= 4 is 46.8 Å². The molecule has 3 fully saturated rings. The fourth-order valence-corrected chi connectivity index (χ4v) is 9.44. The number of benzene rings is 1. The number of likely N-dealkylation sites (tertiary alicyclic amines) is 1. The molecule has 0 aromatic heterocycles. The van der Waals surface area contributed by atoms with Crippen LogP contribution in [0.25, 0.3) is 0 Å². The molecular weight excluding hydrogens is 546 g/mol. The van der Waals surface area contributed by atoms with Crippen molar-refractivity contribution in [2.24, 2.45) is 17.8 Å². The number of aliphatic hydroxyl groups excluding tert-OH is 1. The Morgan fingerprint density at radius 3 is 2.52 bits per heavy atom. The minimum absolute atomic E-state index is 0.0348. The molecule has 3 aliphatic rings. The lowest BCUT2D eigenvalue weighted by Gasteiger charge is -2.41. The van der Waals surface area contributed by atoms with E-state index in [-0.39, 0.29) is 42.0 Å². The molecule has 3 saturated heterocycles. The fraction of sp³-hybridized carbons (Fsp3) is 0.581. The number of halogens is 1. The lowest BCUT2D eigenvalue weighted by Crippen LogP contribution is -2.58. The van der Waals surface area contributed by atoms with Gasteiger partial charge >= 0.3 is 0 Å². The topological polar surface area (TPSA) is 81.2 Å². The van der Waals surface area contributed by atoms with Gasteiger partial charge in [-0.2, -0.15) is 0 Å². The van der Waals surface area contributed by atoms with Gasteiger partial charge in [-0.05, 0) is 37.3 Å². The van der Waals surface area contributed by atoms with Crippen LogP contribution in [0.2, 0.25) is 5.02 Å². The Morgan fingerprint density at radius 1 is 1.23 bits per heavy atom. The maximum absolute atomic E-state index is 14.7. The van der Waals surface area contributed by atoms with Gasteiger partial charge in [-0.1, -0.05) is 63.1 Å². The van der Waals surface area contributed by atoms with Crippen LogP contribution >= 0.6 is 23.4 Å². The third-order valence-corrected chi connectivity index (χ3v) is 11.2. The van der Waals surface area contributed by atoms with E-state index in [0.29, 0.717) is 30.2 Å². The Labute approximate surface area is 247 Å². The maximum Gasteiger partial charge on any atom is 0.251 e. The van der Waals surface area contributed by atoms with Crippen LogP contribution in [-0.4, -0.2) is 80.9 Å².